The van der Waals surface area contributed by atoms with Gasteiger partial charge in [0.2, 0.25) is 0 Å². The molecule has 0 radical (unpaired) electrons. The molecule has 1 saturated heterocycles. The van der Waals surface area contributed by atoms with Crippen molar-refractivity contribution in [3.05, 3.63) is 53.6 Å². The number of halogens is 3. The molecule has 0 saturated carbocycles. The van der Waals surface area contributed by atoms with Crippen LogP contribution in [-0.2, 0) is 6.18 Å². The Hall–Kier alpha value is -2.28. The van der Waals surface area contributed by atoms with E-state index in [-0.39, 0.29) is 0 Å². The highest BCUT2D eigenvalue weighted by Crippen LogP contribution is 2.33. The Kier molecular flexibility index (Phi) is 4.26. The van der Waals surface area contributed by atoms with Crippen LogP contribution in [0.2, 0.25) is 0 Å². The molecule has 0 atom stereocenters. The molecule has 2 aromatic carbocycles. The van der Waals surface area contributed by atoms with E-state index in [0.29, 0.717) is 18.8 Å². The van der Waals surface area contributed by atoms with E-state index in [1.165, 1.54) is 16.8 Å². The van der Waals surface area contributed by atoms with Gasteiger partial charge in [-0.2, -0.15) is 13.2 Å². The summed E-state index contributed by atoms with van der Waals surface area (Å²) in [5.74, 6) is 0. The maximum Gasteiger partial charge on any atom is 0.416 e. The van der Waals surface area contributed by atoms with Gasteiger partial charge in [-0.25, -0.2) is 4.98 Å². The van der Waals surface area contributed by atoms with E-state index in [1.807, 2.05) is 11.0 Å². The SMILES string of the molecule is Cc1cccc2sc(N3CCN(c4cccc(C(F)(F)F)c4)CC3)nc12. The average Bonchev–Trinajstić information content (AvgIpc) is 3.07. The molecule has 1 aromatic heterocycles. The van der Waals surface area contributed by atoms with E-state index < -0.39 is 11.7 Å². The number of hydrogen-bond donors (Lipinski definition) is 0. The fourth-order valence-electron chi connectivity index (χ4n) is 3.24. The smallest absolute Gasteiger partial charge is 0.368 e. The van der Waals surface area contributed by atoms with Crippen molar-refractivity contribution in [3.63, 3.8) is 0 Å². The molecule has 1 fully saturated rings. The first-order chi connectivity index (χ1) is 12.4. The summed E-state index contributed by atoms with van der Waals surface area (Å²) in [6.07, 6.45) is -4.31. The van der Waals surface area contributed by atoms with Gasteiger partial charge in [-0.3, -0.25) is 0 Å². The predicted octanol–water partition coefficient (Wildman–Crippen LogP) is 4.95. The van der Waals surface area contributed by atoms with E-state index in [4.69, 9.17) is 4.98 Å². The summed E-state index contributed by atoms with van der Waals surface area (Å²) in [7, 11) is 0. The van der Waals surface area contributed by atoms with Crippen LogP contribution in [-0.4, -0.2) is 31.2 Å². The number of alkyl halides is 3. The molecule has 26 heavy (non-hydrogen) atoms. The van der Waals surface area contributed by atoms with Gasteiger partial charge in [-0.1, -0.05) is 29.5 Å². The van der Waals surface area contributed by atoms with E-state index in [2.05, 4.69) is 24.0 Å². The van der Waals surface area contributed by atoms with Gasteiger partial charge in [0.1, 0.15) is 0 Å². The van der Waals surface area contributed by atoms with Gasteiger partial charge in [-0.15, -0.1) is 0 Å². The summed E-state index contributed by atoms with van der Waals surface area (Å²) in [6, 6.07) is 11.7. The zero-order valence-corrected chi connectivity index (χ0v) is 15.1. The normalized spacial score (nSPS) is 15.7. The van der Waals surface area contributed by atoms with E-state index in [0.717, 1.165) is 35.4 Å². The lowest BCUT2D eigenvalue weighted by molar-refractivity contribution is -0.137. The number of anilines is 2. The van der Waals surface area contributed by atoms with Gasteiger partial charge in [0.05, 0.1) is 15.8 Å². The summed E-state index contributed by atoms with van der Waals surface area (Å²) in [5, 5.41) is 0.984. The number of rotatable bonds is 2. The van der Waals surface area contributed by atoms with Crippen LogP contribution in [0, 0.1) is 6.92 Å². The number of aryl methyl sites for hydroxylation is 1. The van der Waals surface area contributed by atoms with E-state index in [1.54, 1.807) is 17.4 Å². The van der Waals surface area contributed by atoms with Gasteiger partial charge in [0, 0.05) is 31.9 Å². The first-order valence-corrected chi connectivity index (χ1v) is 9.27. The molecule has 3 nitrogen and oxygen atoms in total. The Labute approximate surface area is 153 Å². The molecule has 0 spiro atoms. The number of hydrogen-bond acceptors (Lipinski definition) is 4. The maximum absolute atomic E-state index is 12.9. The highest BCUT2D eigenvalue weighted by molar-refractivity contribution is 7.22. The second-order valence-corrected chi connectivity index (χ2v) is 7.45. The molecule has 0 N–H and O–H groups in total. The van der Waals surface area contributed by atoms with Crippen molar-refractivity contribution in [3.8, 4) is 0 Å². The Morgan fingerprint density at radius 2 is 1.65 bits per heavy atom. The third-order valence-corrected chi connectivity index (χ3v) is 5.78. The molecule has 0 bridgehead atoms. The van der Waals surface area contributed by atoms with Crippen molar-refractivity contribution in [2.24, 2.45) is 0 Å². The van der Waals surface area contributed by atoms with Crippen molar-refractivity contribution < 1.29 is 13.2 Å². The van der Waals surface area contributed by atoms with Crippen LogP contribution in [0.15, 0.2) is 42.5 Å². The fraction of sp³-hybridized carbons (Fsp3) is 0.316. The van der Waals surface area contributed by atoms with Gasteiger partial charge in [0.25, 0.3) is 0 Å². The quantitative estimate of drug-likeness (QED) is 0.630. The lowest BCUT2D eigenvalue weighted by Crippen LogP contribution is -2.46. The largest absolute Gasteiger partial charge is 0.416 e. The summed E-state index contributed by atoms with van der Waals surface area (Å²) >= 11 is 1.67. The van der Waals surface area contributed by atoms with Crippen LogP contribution in [0.25, 0.3) is 10.2 Å². The van der Waals surface area contributed by atoms with E-state index in [9.17, 15) is 13.2 Å². The molecule has 0 amide bonds. The molecule has 4 rings (SSSR count). The van der Waals surface area contributed by atoms with Crippen LogP contribution in [0.3, 0.4) is 0 Å². The van der Waals surface area contributed by atoms with Crippen molar-refractivity contribution in [1.29, 1.82) is 0 Å². The van der Waals surface area contributed by atoms with Crippen molar-refractivity contribution in [2.75, 3.05) is 36.0 Å². The van der Waals surface area contributed by atoms with Crippen molar-refractivity contribution in [1.82, 2.24) is 4.98 Å². The monoisotopic (exact) mass is 377 g/mol. The fourth-order valence-corrected chi connectivity index (χ4v) is 4.34. The molecular weight excluding hydrogens is 359 g/mol. The highest BCUT2D eigenvalue weighted by atomic mass is 32.1. The second-order valence-electron chi connectivity index (χ2n) is 6.44. The standard InChI is InChI=1S/C19H18F3N3S/c1-13-4-2-7-16-17(13)23-18(26-16)25-10-8-24(9-11-25)15-6-3-5-14(12-15)19(20,21)22/h2-7,12H,8-11H2,1H3. The minimum atomic E-state index is -4.31. The van der Waals surface area contributed by atoms with Gasteiger partial charge in [0.15, 0.2) is 5.13 Å². The Bertz CT molecular complexity index is 927. The molecular formula is C19H18F3N3S. The van der Waals surface area contributed by atoms with Crippen molar-refractivity contribution >= 4 is 32.4 Å². The zero-order valence-electron chi connectivity index (χ0n) is 14.3. The molecule has 1 aliphatic heterocycles. The number of fused-ring (bicyclic) bond motifs is 1. The summed E-state index contributed by atoms with van der Waals surface area (Å²) in [4.78, 5) is 8.98. The lowest BCUT2D eigenvalue weighted by Gasteiger charge is -2.36. The van der Waals surface area contributed by atoms with Gasteiger partial charge >= 0.3 is 6.18 Å². The molecule has 0 unspecified atom stereocenters. The molecule has 0 aliphatic carbocycles. The van der Waals surface area contributed by atoms with Crippen molar-refractivity contribution in [2.45, 2.75) is 13.1 Å². The van der Waals surface area contributed by atoms with Gasteiger partial charge in [-0.05, 0) is 36.8 Å². The topological polar surface area (TPSA) is 19.4 Å². The van der Waals surface area contributed by atoms with Crippen LogP contribution in [0.4, 0.5) is 24.0 Å². The third kappa shape index (κ3) is 3.23. The lowest BCUT2D eigenvalue weighted by atomic mass is 10.1. The number of para-hydroxylation sites is 1. The number of aromatic nitrogens is 1. The number of nitrogens with zero attached hydrogens (tertiary/aromatic N) is 3. The Morgan fingerprint density at radius 3 is 2.35 bits per heavy atom. The molecule has 7 heteroatoms. The minimum Gasteiger partial charge on any atom is -0.368 e. The number of benzene rings is 2. The Morgan fingerprint density at radius 1 is 0.962 bits per heavy atom. The number of piperazine rings is 1. The Balaban J connectivity index is 1.49. The predicted molar refractivity (Wildman–Crippen MR) is 100 cm³/mol. The molecule has 2 heterocycles. The summed E-state index contributed by atoms with van der Waals surface area (Å²) < 4.78 is 39.9. The maximum atomic E-state index is 12.9. The molecule has 3 aromatic rings. The average molecular weight is 377 g/mol. The van der Waals surface area contributed by atoms with Gasteiger partial charge < -0.3 is 9.80 Å². The first-order valence-electron chi connectivity index (χ1n) is 8.45. The summed E-state index contributed by atoms with van der Waals surface area (Å²) in [5.41, 5.74) is 2.22. The molecule has 136 valence electrons. The minimum absolute atomic E-state index is 0.598. The first kappa shape index (κ1) is 17.1. The van der Waals surface area contributed by atoms with Crippen LogP contribution >= 0.6 is 11.3 Å². The zero-order chi connectivity index (χ0) is 18.3. The van der Waals surface area contributed by atoms with Crippen LogP contribution < -0.4 is 9.80 Å². The van der Waals surface area contributed by atoms with Crippen LogP contribution in [0.5, 0.6) is 0 Å². The third-order valence-electron chi connectivity index (χ3n) is 4.70. The number of thiazole rings is 1. The van der Waals surface area contributed by atoms with Crippen LogP contribution in [0.1, 0.15) is 11.1 Å². The highest BCUT2D eigenvalue weighted by Gasteiger charge is 2.31. The van der Waals surface area contributed by atoms with E-state index >= 15 is 0 Å². The second kappa shape index (κ2) is 6.46. The summed E-state index contributed by atoms with van der Waals surface area (Å²) in [6.45, 7) is 4.90. The molecule has 1 aliphatic rings.